The fourth-order valence-corrected chi connectivity index (χ4v) is 3.37. The molecule has 0 bridgehead atoms. The Kier molecular flexibility index (Phi) is 4.65. The van der Waals surface area contributed by atoms with Gasteiger partial charge in [0.05, 0.1) is 10.7 Å². The minimum absolute atomic E-state index is 0.0513. The molecule has 1 aromatic heterocycles. The third kappa shape index (κ3) is 3.50. The lowest BCUT2D eigenvalue weighted by molar-refractivity contribution is -0.143. The summed E-state index contributed by atoms with van der Waals surface area (Å²) in [7, 11) is 0.583. The minimum Gasteiger partial charge on any atom is -0.335 e. The van der Waals surface area contributed by atoms with Gasteiger partial charge in [0.25, 0.3) is 14.6 Å². The van der Waals surface area contributed by atoms with Gasteiger partial charge in [-0.2, -0.15) is 13.2 Å². The second-order valence-corrected chi connectivity index (χ2v) is 7.47. The molecule has 0 fully saturated rings. The van der Waals surface area contributed by atoms with Crippen LogP contribution in [0, 0.1) is 5.82 Å². The lowest BCUT2D eigenvalue weighted by Crippen LogP contribution is -2.45. The van der Waals surface area contributed by atoms with Crippen molar-refractivity contribution in [1.82, 2.24) is 9.24 Å². The second kappa shape index (κ2) is 6.04. The van der Waals surface area contributed by atoms with Crippen molar-refractivity contribution in [3.8, 4) is 5.69 Å². The lowest BCUT2D eigenvalue weighted by atomic mass is 10.3. The zero-order valence-electron chi connectivity index (χ0n) is 11.5. The SMILES string of the molecule is Nn1c(C(F)(F)F)cc(=O)n(-c2cc(S(=O)(=O)Cl)c(Cl)cc2F)c1=O. The van der Waals surface area contributed by atoms with Gasteiger partial charge in [0.2, 0.25) is 0 Å². The Hall–Kier alpha value is -2.05. The standard InChI is InChI=1S/C11H5Cl2F4N3O4S/c12-4-1-5(14)6(2-7(4)25(13,23)24)19-9(21)3-8(11(15,16)17)20(18)10(19)22/h1-3H,18H2. The van der Waals surface area contributed by atoms with Crippen LogP contribution in [0.25, 0.3) is 5.69 Å². The number of alkyl halides is 3. The van der Waals surface area contributed by atoms with E-state index in [0.29, 0.717) is 12.1 Å². The number of aromatic nitrogens is 2. The number of benzene rings is 1. The van der Waals surface area contributed by atoms with Crippen LogP contribution in [0.15, 0.2) is 32.7 Å². The van der Waals surface area contributed by atoms with Gasteiger partial charge >= 0.3 is 11.9 Å². The van der Waals surface area contributed by atoms with Crippen LogP contribution in [0.4, 0.5) is 17.6 Å². The Labute approximate surface area is 145 Å². The van der Waals surface area contributed by atoms with Crippen molar-refractivity contribution in [2.24, 2.45) is 0 Å². The predicted molar refractivity (Wildman–Crippen MR) is 79.5 cm³/mol. The van der Waals surface area contributed by atoms with Crippen molar-refractivity contribution in [1.29, 1.82) is 0 Å². The molecule has 0 saturated carbocycles. The van der Waals surface area contributed by atoms with Gasteiger partial charge in [0.15, 0.2) is 5.69 Å². The molecule has 0 aliphatic heterocycles. The first-order valence-electron chi connectivity index (χ1n) is 5.90. The molecule has 0 saturated heterocycles. The Morgan fingerprint density at radius 2 is 1.68 bits per heavy atom. The summed E-state index contributed by atoms with van der Waals surface area (Å²) >= 11 is 5.52. The highest BCUT2D eigenvalue weighted by Crippen LogP contribution is 2.29. The van der Waals surface area contributed by atoms with Crippen LogP contribution >= 0.6 is 22.3 Å². The summed E-state index contributed by atoms with van der Waals surface area (Å²) in [6.07, 6.45) is -5.13. The normalized spacial score (nSPS) is 12.4. The van der Waals surface area contributed by atoms with Crippen molar-refractivity contribution in [2.75, 3.05) is 5.84 Å². The summed E-state index contributed by atoms with van der Waals surface area (Å²) < 4.78 is 74.4. The average molecular weight is 422 g/mol. The quantitative estimate of drug-likeness (QED) is 0.448. The largest absolute Gasteiger partial charge is 0.433 e. The lowest BCUT2D eigenvalue weighted by Gasteiger charge is -2.14. The molecule has 2 N–H and O–H groups in total. The third-order valence-electron chi connectivity index (χ3n) is 2.93. The predicted octanol–water partition coefficient (Wildman–Crippen LogP) is 1.45. The van der Waals surface area contributed by atoms with E-state index in [-0.39, 0.29) is 10.6 Å². The molecule has 2 aromatic rings. The van der Waals surface area contributed by atoms with Gasteiger partial charge in [-0.1, -0.05) is 11.6 Å². The van der Waals surface area contributed by atoms with Gasteiger partial charge in [-0.3, -0.25) is 4.79 Å². The Morgan fingerprint density at radius 1 is 1.12 bits per heavy atom. The van der Waals surface area contributed by atoms with E-state index in [2.05, 4.69) is 0 Å². The molecule has 0 atom stereocenters. The van der Waals surface area contributed by atoms with Crippen LogP contribution in [-0.4, -0.2) is 17.7 Å². The topological polar surface area (TPSA) is 104 Å². The maximum Gasteiger partial charge on any atom is 0.433 e. The number of hydrogen-bond donors (Lipinski definition) is 1. The first-order valence-corrected chi connectivity index (χ1v) is 8.59. The number of hydrogen-bond acceptors (Lipinski definition) is 5. The van der Waals surface area contributed by atoms with Gasteiger partial charge in [-0.25, -0.2) is 26.8 Å². The molecule has 0 spiro atoms. The van der Waals surface area contributed by atoms with Crippen LogP contribution < -0.4 is 17.1 Å². The van der Waals surface area contributed by atoms with Gasteiger partial charge in [-0.15, -0.1) is 0 Å². The molecule has 0 unspecified atom stereocenters. The van der Waals surface area contributed by atoms with E-state index < -0.39 is 58.3 Å². The van der Waals surface area contributed by atoms with E-state index in [0.717, 1.165) is 0 Å². The summed E-state index contributed by atoms with van der Waals surface area (Å²) in [6.45, 7) is 0. The minimum atomic E-state index is -5.13. The van der Waals surface area contributed by atoms with Crippen LogP contribution in [0.1, 0.15) is 5.69 Å². The number of nitrogens with zero attached hydrogens (tertiary/aromatic N) is 2. The van der Waals surface area contributed by atoms with Gasteiger partial charge < -0.3 is 5.84 Å². The van der Waals surface area contributed by atoms with Gasteiger partial charge in [-0.05, 0) is 12.1 Å². The van der Waals surface area contributed by atoms with Crippen molar-refractivity contribution >= 4 is 31.3 Å². The highest BCUT2D eigenvalue weighted by Gasteiger charge is 2.36. The molecule has 0 aliphatic carbocycles. The number of rotatable bonds is 2. The fourth-order valence-electron chi connectivity index (χ4n) is 1.87. The molecule has 14 heteroatoms. The van der Waals surface area contributed by atoms with E-state index >= 15 is 0 Å². The maximum absolute atomic E-state index is 14.0. The summed E-state index contributed by atoms with van der Waals surface area (Å²) in [5, 5.41) is -0.663. The highest BCUT2D eigenvalue weighted by molar-refractivity contribution is 8.13. The molecule has 0 aliphatic rings. The third-order valence-corrected chi connectivity index (χ3v) is 4.72. The fraction of sp³-hybridized carbons (Fsp3) is 0.0909. The summed E-state index contributed by atoms with van der Waals surface area (Å²) in [5.41, 5.74) is -6.14. The maximum atomic E-state index is 14.0. The molecular weight excluding hydrogens is 417 g/mol. The molecule has 0 radical (unpaired) electrons. The molecule has 136 valence electrons. The first-order chi connectivity index (χ1) is 11.2. The van der Waals surface area contributed by atoms with Crippen LogP contribution in [-0.2, 0) is 15.2 Å². The van der Waals surface area contributed by atoms with Gasteiger partial charge in [0, 0.05) is 16.7 Å². The molecule has 7 nitrogen and oxygen atoms in total. The molecule has 0 amide bonds. The molecule has 1 aromatic carbocycles. The van der Waals surface area contributed by atoms with E-state index in [4.69, 9.17) is 28.1 Å². The second-order valence-electron chi connectivity index (χ2n) is 4.53. The van der Waals surface area contributed by atoms with Crippen molar-refractivity contribution in [3.05, 3.63) is 55.6 Å². The number of nitrogen functional groups attached to an aromatic ring is 1. The van der Waals surface area contributed by atoms with E-state index in [1.807, 2.05) is 0 Å². The Morgan fingerprint density at radius 3 is 2.16 bits per heavy atom. The van der Waals surface area contributed by atoms with E-state index in [1.54, 1.807) is 0 Å². The van der Waals surface area contributed by atoms with Crippen LogP contribution in [0.3, 0.4) is 0 Å². The Bertz CT molecular complexity index is 1090. The number of nitrogens with two attached hydrogens (primary N) is 1. The van der Waals surface area contributed by atoms with Crippen molar-refractivity contribution in [2.45, 2.75) is 11.1 Å². The molecule has 25 heavy (non-hydrogen) atoms. The summed E-state index contributed by atoms with van der Waals surface area (Å²) in [5.74, 6) is 3.64. The van der Waals surface area contributed by atoms with Crippen molar-refractivity contribution in [3.63, 3.8) is 0 Å². The van der Waals surface area contributed by atoms with Crippen LogP contribution in [0.2, 0.25) is 5.02 Å². The van der Waals surface area contributed by atoms with E-state index in [9.17, 15) is 35.6 Å². The smallest absolute Gasteiger partial charge is 0.335 e. The average Bonchev–Trinajstić information content (AvgIpc) is 2.42. The Balaban J connectivity index is 2.92. The van der Waals surface area contributed by atoms with Crippen molar-refractivity contribution < 1.29 is 26.0 Å². The monoisotopic (exact) mass is 421 g/mol. The zero-order valence-corrected chi connectivity index (χ0v) is 13.8. The number of halogens is 6. The van der Waals surface area contributed by atoms with Gasteiger partial charge in [0.1, 0.15) is 10.7 Å². The molecule has 2 rings (SSSR count). The van der Waals surface area contributed by atoms with Crippen LogP contribution in [0.5, 0.6) is 0 Å². The molecular formula is C11H5Cl2F4N3O4S. The summed E-state index contributed by atoms with van der Waals surface area (Å²) in [6, 6.07) is 0.803. The molecule has 1 heterocycles. The van der Waals surface area contributed by atoms with E-state index in [1.165, 1.54) is 0 Å². The summed E-state index contributed by atoms with van der Waals surface area (Å²) in [4.78, 5) is 23.0. The first kappa shape index (κ1) is 19.3. The highest BCUT2D eigenvalue weighted by atomic mass is 35.7. The zero-order chi connectivity index (χ0) is 19.3.